The monoisotopic (exact) mass is 524 g/mol. The number of hydrogen-bond donors (Lipinski definition) is 6. The van der Waals surface area contributed by atoms with Gasteiger partial charge in [0.1, 0.15) is 30.5 Å². The molecule has 1 aliphatic carbocycles. The summed E-state index contributed by atoms with van der Waals surface area (Å²) in [6.45, 7) is 0.922. The molecule has 0 radical (unpaired) electrons. The van der Waals surface area contributed by atoms with Gasteiger partial charge in [-0.1, -0.05) is 6.07 Å². The Kier molecular flexibility index (Phi) is 8.09. The number of carbonyl (C=O) groups excluding carboxylic acids is 1. The molecule has 1 aromatic rings. The van der Waals surface area contributed by atoms with Gasteiger partial charge in [-0.05, 0) is 36.8 Å². The molecule has 0 amide bonds. The number of phenols is 1. The van der Waals surface area contributed by atoms with Crippen LogP contribution >= 0.6 is 0 Å². The Morgan fingerprint density at radius 2 is 1.95 bits per heavy atom. The van der Waals surface area contributed by atoms with Crippen LogP contribution < -0.4 is 4.74 Å². The molecule has 2 aliphatic heterocycles. The van der Waals surface area contributed by atoms with Crippen molar-refractivity contribution in [3.63, 3.8) is 0 Å². The minimum Gasteiger partial charge on any atom is -0.504 e. The van der Waals surface area contributed by atoms with Gasteiger partial charge in [-0.2, -0.15) is 0 Å². The molecule has 12 heteroatoms. The Bertz CT molecular complexity index is 1020. The first-order valence-electron chi connectivity index (χ1n) is 11.8. The normalized spacial score (nSPS) is 39.3. The first-order valence-corrected chi connectivity index (χ1v) is 11.8. The van der Waals surface area contributed by atoms with E-state index in [1.807, 2.05) is 0 Å². The minimum absolute atomic E-state index is 0.0340. The molecule has 6 N–H and O–H groups in total. The number of ether oxygens (including phenoxy) is 5. The third-order valence-electron chi connectivity index (χ3n) is 6.98. The van der Waals surface area contributed by atoms with Crippen LogP contribution in [0.3, 0.4) is 0 Å². The zero-order valence-electron chi connectivity index (χ0n) is 20.3. The maximum Gasteiger partial charge on any atom is 0.331 e. The van der Waals surface area contributed by atoms with Crippen molar-refractivity contribution in [3.05, 3.63) is 42.2 Å². The lowest BCUT2D eigenvalue weighted by molar-refractivity contribution is -0.346. The largest absolute Gasteiger partial charge is 0.504 e. The van der Waals surface area contributed by atoms with Crippen molar-refractivity contribution in [2.45, 2.75) is 62.0 Å². The Morgan fingerprint density at radius 3 is 2.65 bits per heavy atom. The molecule has 10 unspecified atom stereocenters. The summed E-state index contributed by atoms with van der Waals surface area (Å²) in [5.74, 6) is -1.69. The fourth-order valence-corrected chi connectivity index (χ4v) is 5.04. The van der Waals surface area contributed by atoms with E-state index in [0.717, 1.165) is 0 Å². The standard InChI is InChI=1S/C25H32O12/c1-25(32)10-16(35-18(28)6-4-12-3-5-14(27)15(9-12)33-2)13-7-8-34-23(19(13)25)37-24-22(31)21(30)20(29)17(11-26)36-24/h3-9,13,16-17,19-24,26-27,29-32H,10-11H2,1-2H3. The van der Waals surface area contributed by atoms with Crippen LogP contribution in [0.15, 0.2) is 36.6 Å². The van der Waals surface area contributed by atoms with Gasteiger partial charge in [-0.25, -0.2) is 4.79 Å². The van der Waals surface area contributed by atoms with Gasteiger partial charge < -0.3 is 54.3 Å². The molecular formula is C25H32O12. The number of carbonyl (C=O) groups is 1. The van der Waals surface area contributed by atoms with Gasteiger partial charge >= 0.3 is 5.97 Å². The Balaban J connectivity index is 1.44. The highest BCUT2D eigenvalue weighted by Crippen LogP contribution is 2.48. The molecule has 1 saturated heterocycles. The maximum absolute atomic E-state index is 12.6. The number of benzene rings is 1. The van der Waals surface area contributed by atoms with E-state index in [4.69, 9.17) is 23.7 Å². The summed E-state index contributed by atoms with van der Waals surface area (Å²) in [6.07, 6.45) is -3.58. The minimum atomic E-state index is -1.64. The van der Waals surface area contributed by atoms with Gasteiger partial charge in [-0.15, -0.1) is 0 Å². The van der Waals surface area contributed by atoms with Gasteiger partial charge in [0, 0.05) is 18.4 Å². The predicted octanol–water partition coefficient (Wildman–Crippen LogP) is -0.601. The van der Waals surface area contributed by atoms with Crippen LogP contribution in [0, 0.1) is 11.8 Å². The number of aromatic hydroxyl groups is 1. The summed E-state index contributed by atoms with van der Waals surface area (Å²) in [4.78, 5) is 12.6. The van der Waals surface area contributed by atoms with Crippen molar-refractivity contribution < 1.29 is 59.1 Å². The number of aliphatic hydroxyl groups excluding tert-OH is 4. The number of esters is 1. The molecule has 1 aromatic carbocycles. The molecule has 4 rings (SSSR count). The van der Waals surface area contributed by atoms with Gasteiger partial charge in [0.05, 0.1) is 31.5 Å². The molecule has 12 nitrogen and oxygen atoms in total. The van der Waals surface area contributed by atoms with Crippen LogP contribution in [0.5, 0.6) is 11.5 Å². The molecule has 0 bridgehead atoms. The molecule has 37 heavy (non-hydrogen) atoms. The van der Waals surface area contributed by atoms with Crippen LogP contribution in [0.4, 0.5) is 0 Å². The van der Waals surface area contributed by atoms with Crippen LogP contribution in [0.25, 0.3) is 6.08 Å². The van der Waals surface area contributed by atoms with Crippen molar-refractivity contribution in [2.75, 3.05) is 13.7 Å². The van der Waals surface area contributed by atoms with E-state index in [1.54, 1.807) is 25.1 Å². The molecule has 2 fully saturated rings. The molecule has 3 aliphatic rings. The van der Waals surface area contributed by atoms with Crippen molar-refractivity contribution in [1.29, 1.82) is 0 Å². The molecule has 1 saturated carbocycles. The second kappa shape index (κ2) is 11.0. The molecule has 0 aromatic heterocycles. The summed E-state index contributed by atoms with van der Waals surface area (Å²) >= 11 is 0. The molecule has 2 heterocycles. The number of rotatable bonds is 7. The zero-order chi connectivity index (χ0) is 26.9. The van der Waals surface area contributed by atoms with Gasteiger partial charge in [0.25, 0.3) is 0 Å². The molecular weight excluding hydrogens is 492 g/mol. The van der Waals surface area contributed by atoms with Gasteiger partial charge in [0.15, 0.2) is 17.8 Å². The third-order valence-corrected chi connectivity index (χ3v) is 6.98. The average Bonchev–Trinajstić information content (AvgIpc) is 3.13. The van der Waals surface area contributed by atoms with Crippen LogP contribution in [0.1, 0.15) is 18.9 Å². The molecule has 10 atom stereocenters. The smallest absolute Gasteiger partial charge is 0.331 e. The summed E-state index contributed by atoms with van der Waals surface area (Å²) < 4.78 is 27.4. The fraction of sp³-hybridized carbons (Fsp3) is 0.560. The van der Waals surface area contributed by atoms with Crippen molar-refractivity contribution >= 4 is 12.0 Å². The highest BCUT2D eigenvalue weighted by Gasteiger charge is 2.57. The zero-order valence-corrected chi connectivity index (χ0v) is 20.3. The second-order valence-corrected chi connectivity index (χ2v) is 9.57. The predicted molar refractivity (Wildman–Crippen MR) is 125 cm³/mol. The lowest BCUT2D eigenvalue weighted by Gasteiger charge is -2.43. The summed E-state index contributed by atoms with van der Waals surface area (Å²) in [7, 11) is 1.41. The number of fused-ring (bicyclic) bond motifs is 1. The van der Waals surface area contributed by atoms with Crippen molar-refractivity contribution in [1.82, 2.24) is 0 Å². The maximum atomic E-state index is 12.6. The number of phenolic OH excluding ortho intramolecular Hbond substituents is 1. The van der Waals surface area contributed by atoms with Crippen molar-refractivity contribution in [3.8, 4) is 11.5 Å². The lowest BCUT2D eigenvalue weighted by atomic mass is 9.85. The second-order valence-electron chi connectivity index (χ2n) is 9.57. The number of aliphatic hydroxyl groups is 5. The summed E-state index contributed by atoms with van der Waals surface area (Å²) in [5, 5.41) is 60.6. The lowest BCUT2D eigenvalue weighted by Crippen LogP contribution is -2.60. The van der Waals surface area contributed by atoms with Crippen molar-refractivity contribution in [2.24, 2.45) is 11.8 Å². The molecule has 0 spiro atoms. The molecule has 204 valence electrons. The quantitative estimate of drug-likeness (QED) is 0.197. The van der Waals surface area contributed by atoms with E-state index < -0.39 is 73.1 Å². The summed E-state index contributed by atoms with van der Waals surface area (Å²) in [5.41, 5.74) is -0.811. The van der Waals surface area contributed by atoms with E-state index >= 15 is 0 Å². The fourth-order valence-electron chi connectivity index (χ4n) is 5.04. The highest BCUT2D eigenvalue weighted by atomic mass is 16.8. The number of methoxy groups -OCH3 is 1. The van der Waals surface area contributed by atoms with E-state index in [-0.39, 0.29) is 17.9 Å². The first kappa shape index (κ1) is 27.3. The van der Waals surface area contributed by atoms with Crippen LogP contribution in [-0.2, 0) is 23.7 Å². The Morgan fingerprint density at radius 1 is 1.19 bits per heavy atom. The Labute approximate surface area is 212 Å². The average molecular weight is 525 g/mol. The van der Waals surface area contributed by atoms with Gasteiger partial charge in [0.2, 0.25) is 6.29 Å². The topological polar surface area (TPSA) is 185 Å². The SMILES string of the molecule is COc1cc(C=CC(=O)OC2CC(C)(O)C3C(OC4OC(CO)C(O)C(O)C4O)OC=CC23)ccc1O. The Hall–Kier alpha value is -2.71. The van der Waals surface area contributed by atoms with E-state index in [0.29, 0.717) is 5.56 Å². The summed E-state index contributed by atoms with van der Waals surface area (Å²) in [6, 6.07) is 4.59. The number of hydrogen-bond acceptors (Lipinski definition) is 12. The third kappa shape index (κ3) is 5.60. The first-order chi connectivity index (χ1) is 17.6. The highest BCUT2D eigenvalue weighted by molar-refractivity contribution is 5.87. The van der Waals surface area contributed by atoms with Crippen LogP contribution in [0.2, 0.25) is 0 Å². The van der Waals surface area contributed by atoms with E-state index in [2.05, 4.69) is 0 Å². The van der Waals surface area contributed by atoms with Crippen LogP contribution in [-0.4, -0.2) is 99.0 Å². The van der Waals surface area contributed by atoms with E-state index in [1.165, 1.54) is 31.6 Å². The van der Waals surface area contributed by atoms with Gasteiger partial charge in [-0.3, -0.25) is 0 Å². The van der Waals surface area contributed by atoms with E-state index in [9.17, 15) is 35.4 Å².